The molecule has 1 aromatic rings. The minimum atomic E-state index is 0.753. The van der Waals surface area contributed by atoms with Crippen molar-refractivity contribution in [1.82, 2.24) is 0 Å². The van der Waals surface area contributed by atoms with Gasteiger partial charge in [-0.25, -0.2) is 0 Å². The highest BCUT2D eigenvalue weighted by atomic mass is 79.9. The van der Waals surface area contributed by atoms with Gasteiger partial charge in [-0.3, -0.25) is 0 Å². The van der Waals surface area contributed by atoms with Crippen LogP contribution in [-0.2, 0) is 12.8 Å². The highest BCUT2D eigenvalue weighted by Crippen LogP contribution is 2.11. The Labute approximate surface area is 95.9 Å². The largest absolute Gasteiger partial charge is 0.0928 e. The fraction of sp³-hybridized carbons (Fsp3) is 0.538. The molecule has 78 valence electrons. The van der Waals surface area contributed by atoms with Crippen LogP contribution in [-0.4, -0.2) is 5.33 Å². The fourth-order valence-electron chi connectivity index (χ4n) is 1.58. The van der Waals surface area contributed by atoms with Crippen molar-refractivity contribution in [3.8, 4) is 0 Å². The van der Waals surface area contributed by atoms with Crippen molar-refractivity contribution in [3.63, 3.8) is 0 Å². The second-order valence-electron chi connectivity index (χ2n) is 4.21. The standard InChI is InChI=1S/C13H19Br/c1-11(2)10-13-7-5-12(6-8-13)4-3-9-14/h5-8,11H,3-4,9-10H2,1-2H3. The van der Waals surface area contributed by atoms with Gasteiger partial charge in [0.15, 0.2) is 0 Å². The molecule has 0 aliphatic heterocycles. The molecule has 0 aliphatic rings. The first-order valence-electron chi connectivity index (χ1n) is 5.36. The molecular weight excluding hydrogens is 236 g/mol. The van der Waals surface area contributed by atoms with Crippen LogP contribution >= 0.6 is 15.9 Å². The van der Waals surface area contributed by atoms with Crippen molar-refractivity contribution < 1.29 is 0 Å². The van der Waals surface area contributed by atoms with Crippen molar-refractivity contribution >= 4 is 15.9 Å². The number of hydrogen-bond acceptors (Lipinski definition) is 0. The molecule has 0 heterocycles. The third kappa shape index (κ3) is 4.28. The van der Waals surface area contributed by atoms with Gasteiger partial charge in [0.2, 0.25) is 0 Å². The topological polar surface area (TPSA) is 0 Å². The molecule has 0 fully saturated rings. The third-order valence-electron chi connectivity index (χ3n) is 2.27. The van der Waals surface area contributed by atoms with Gasteiger partial charge >= 0.3 is 0 Å². The average molecular weight is 255 g/mol. The van der Waals surface area contributed by atoms with Crippen molar-refractivity contribution in [2.45, 2.75) is 33.1 Å². The van der Waals surface area contributed by atoms with Crippen molar-refractivity contribution in [2.75, 3.05) is 5.33 Å². The van der Waals surface area contributed by atoms with Gasteiger partial charge in [-0.2, -0.15) is 0 Å². The quantitative estimate of drug-likeness (QED) is 0.691. The van der Waals surface area contributed by atoms with E-state index >= 15 is 0 Å². The molecule has 0 saturated carbocycles. The maximum absolute atomic E-state index is 3.45. The molecule has 0 amide bonds. The lowest BCUT2D eigenvalue weighted by atomic mass is 10.0. The van der Waals surface area contributed by atoms with E-state index in [0.29, 0.717) is 0 Å². The molecule has 0 aliphatic carbocycles. The van der Waals surface area contributed by atoms with Gasteiger partial charge in [0.25, 0.3) is 0 Å². The molecule has 14 heavy (non-hydrogen) atoms. The summed E-state index contributed by atoms with van der Waals surface area (Å²) >= 11 is 3.45. The number of benzene rings is 1. The van der Waals surface area contributed by atoms with Gasteiger partial charge in [-0.05, 0) is 36.3 Å². The third-order valence-corrected chi connectivity index (χ3v) is 2.83. The number of aryl methyl sites for hydroxylation is 1. The zero-order chi connectivity index (χ0) is 10.4. The van der Waals surface area contributed by atoms with Crippen LogP contribution in [0.15, 0.2) is 24.3 Å². The molecule has 1 aromatic carbocycles. The summed E-state index contributed by atoms with van der Waals surface area (Å²) in [6, 6.07) is 9.06. The summed E-state index contributed by atoms with van der Waals surface area (Å²) in [5.74, 6) is 0.753. The summed E-state index contributed by atoms with van der Waals surface area (Å²) < 4.78 is 0. The SMILES string of the molecule is CC(C)Cc1ccc(CCCBr)cc1. The predicted molar refractivity (Wildman–Crippen MR) is 67.1 cm³/mol. The minimum absolute atomic E-state index is 0.753. The maximum atomic E-state index is 3.45. The molecule has 0 radical (unpaired) electrons. The van der Waals surface area contributed by atoms with Gasteiger partial charge in [-0.15, -0.1) is 0 Å². The van der Waals surface area contributed by atoms with Crippen LogP contribution in [0, 0.1) is 5.92 Å². The highest BCUT2D eigenvalue weighted by Gasteiger charge is 1.97. The van der Waals surface area contributed by atoms with Gasteiger partial charge in [0, 0.05) is 5.33 Å². The van der Waals surface area contributed by atoms with Crippen LogP contribution in [0.25, 0.3) is 0 Å². The van der Waals surface area contributed by atoms with Gasteiger partial charge < -0.3 is 0 Å². The molecule has 0 atom stereocenters. The summed E-state index contributed by atoms with van der Waals surface area (Å²) in [5, 5.41) is 1.10. The molecule has 0 bridgehead atoms. The second kappa shape index (κ2) is 6.23. The smallest absolute Gasteiger partial charge is 0.00344 e. The molecule has 0 nitrogen and oxygen atoms in total. The summed E-state index contributed by atoms with van der Waals surface area (Å²) in [5.41, 5.74) is 2.92. The first-order chi connectivity index (χ1) is 6.72. The first kappa shape index (κ1) is 11.8. The Morgan fingerprint density at radius 2 is 1.64 bits per heavy atom. The van der Waals surface area contributed by atoms with Crippen molar-refractivity contribution in [3.05, 3.63) is 35.4 Å². The normalized spacial score (nSPS) is 10.9. The number of hydrogen-bond donors (Lipinski definition) is 0. The van der Waals surface area contributed by atoms with Crippen molar-refractivity contribution in [2.24, 2.45) is 5.92 Å². The monoisotopic (exact) mass is 254 g/mol. The molecule has 0 saturated heterocycles. The van der Waals surface area contributed by atoms with E-state index in [0.717, 1.165) is 11.2 Å². The van der Waals surface area contributed by atoms with Crippen LogP contribution < -0.4 is 0 Å². The van der Waals surface area contributed by atoms with Gasteiger partial charge in [0.05, 0.1) is 0 Å². The van der Waals surface area contributed by atoms with Crippen LogP contribution in [0.5, 0.6) is 0 Å². The number of rotatable bonds is 5. The summed E-state index contributed by atoms with van der Waals surface area (Å²) in [7, 11) is 0. The summed E-state index contributed by atoms with van der Waals surface area (Å²) in [4.78, 5) is 0. The molecule has 1 rings (SSSR count). The molecule has 0 aromatic heterocycles. The Morgan fingerprint density at radius 3 is 2.14 bits per heavy atom. The average Bonchev–Trinajstić information content (AvgIpc) is 2.16. The first-order valence-corrected chi connectivity index (χ1v) is 6.48. The molecule has 0 spiro atoms. The Kier molecular flexibility index (Phi) is 5.24. The van der Waals surface area contributed by atoms with E-state index < -0.39 is 0 Å². The zero-order valence-corrected chi connectivity index (χ0v) is 10.7. The van der Waals surface area contributed by atoms with Crippen LogP contribution in [0.1, 0.15) is 31.4 Å². The maximum Gasteiger partial charge on any atom is 0.00344 e. The zero-order valence-electron chi connectivity index (χ0n) is 9.09. The van der Waals surface area contributed by atoms with Crippen LogP contribution in [0.2, 0.25) is 0 Å². The van der Waals surface area contributed by atoms with Crippen LogP contribution in [0.4, 0.5) is 0 Å². The number of halogens is 1. The van der Waals surface area contributed by atoms with E-state index in [1.165, 1.54) is 30.4 Å². The van der Waals surface area contributed by atoms with Crippen LogP contribution in [0.3, 0.4) is 0 Å². The minimum Gasteiger partial charge on any atom is -0.0928 e. The molecule has 0 unspecified atom stereocenters. The van der Waals surface area contributed by atoms with E-state index in [1.807, 2.05) is 0 Å². The van der Waals surface area contributed by atoms with E-state index in [4.69, 9.17) is 0 Å². The Hall–Kier alpha value is -0.300. The molecule has 0 N–H and O–H groups in total. The lowest BCUT2D eigenvalue weighted by Crippen LogP contribution is -1.94. The summed E-state index contributed by atoms with van der Waals surface area (Å²) in [6.45, 7) is 4.53. The Morgan fingerprint density at radius 1 is 1.07 bits per heavy atom. The summed E-state index contributed by atoms with van der Waals surface area (Å²) in [6.07, 6.45) is 3.61. The van der Waals surface area contributed by atoms with E-state index in [1.54, 1.807) is 0 Å². The Balaban J connectivity index is 2.50. The highest BCUT2D eigenvalue weighted by molar-refractivity contribution is 9.09. The van der Waals surface area contributed by atoms with Crippen molar-refractivity contribution in [1.29, 1.82) is 0 Å². The lowest BCUT2D eigenvalue weighted by molar-refractivity contribution is 0.647. The van der Waals surface area contributed by atoms with Gasteiger partial charge in [0.1, 0.15) is 0 Å². The van der Waals surface area contributed by atoms with Gasteiger partial charge in [-0.1, -0.05) is 54.0 Å². The molecule has 1 heteroatoms. The lowest BCUT2D eigenvalue weighted by Gasteiger charge is -2.05. The fourth-order valence-corrected chi connectivity index (χ4v) is 1.86. The Bertz CT molecular complexity index is 248. The van der Waals surface area contributed by atoms with E-state index in [-0.39, 0.29) is 0 Å². The second-order valence-corrected chi connectivity index (χ2v) is 5.00. The van der Waals surface area contributed by atoms with E-state index in [9.17, 15) is 0 Å². The number of alkyl halides is 1. The predicted octanol–water partition coefficient (Wildman–Crippen LogP) is 4.21. The molecular formula is C13H19Br. The van der Waals surface area contributed by atoms with E-state index in [2.05, 4.69) is 54.0 Å².